The first kappa shape index (κ1) is 33.3. The van der Waals surface area contributed by atoms with Crippen molar-refractivity contribution in [2.75, 3.05) is 4.90 Å². The second-order valence-electron chi connectivity index (χ2n) is 15.2. The Labute approximate surface area is 340 Å². The van der Waals surface area contributed by atoms with E-state index in [1.807, 2.05) is 12.1 Å². The van der Waals surface area contributed by atoms with Crippen LogP contribution in [0.15, 0.2) is 221 Å². The molecule has 0 spiro atoms. The first-order valence-corrected chi connectivity index (χ1v) is 20.1. The average molecular weight is 754 g/mol. The Hall–Kier alpha value is -7.88. The largest absolute Gasteiger partial charge is 0.456 e. The van der Waals surface area contributed by atoms with Crippen molar-refractivity contribution in [2.24, 2.45) is 0 Å². The summed E-state index contributed by atoms with van der Waals surface area (Å²) >= 11 is 0. The predicted molar refractivity (Wildman–Crippen MR) is 247 cm³/mol. The molecule has 2 aromatic heterocycles. The first-order valence-electron chi connectivity index (χ1n) is 20.1. The van der Waals surface area contributed by atoms with Crippen LogP contribution in [-0.2, 0) is 0 Å². The lowest BCUT2D eigenvalue weighted by Gasteiger charge is -2.26. The number of rotatable bonds is 6. The van der Waals surface area contributed by atoms with Crippen molar-refractivity contribution in [3.05, 3.63) is 212 Å². The summed E-state index contributed by atoms with van der Waals surface area (Å²) in [5.41, 5.74) is 13.8. The van der Waals surface area contributed by atoms with Gasteiger partial charge in [-0.1, -0.05) is 158 Å². The molecule has 3 heteroatoms. The molecule has 12 rings (SSSR count). The summed E-state index contributed by atoms with van der Waals surface area (Å²) in [7, 11) is 0. The van der Waals surface area contributed by atoms with Gasteiger partial charge in [-0.15, -0.1) is 0 Å². The third-order valence-electron chi connectivity index (χ3n) is 11.9. The van der Waals surface area contributed by atoms with E-state index < -0.39 is 0 Å². The van der Waals surface area contributed by atoms with Gasteiger partial charge < -0.3 is 13.7 Å². The average Bonchev–Trinajstić information content (AvgIpc) is 3.89. The zero-order chi connectivity index (χ0) is 38.9. The maximum absolute atomic E-state index is 6.68. The fraction of sp³-hybridized carbons (Fsp3) is 0. The predicted octanol–water partition coefficient (Wildman–Crippen LogP) is 16.3. The van der Waals surface area contributed by atoms with Crippen LogP contribution in [0.25, 0.3) is 98.8 Å². The van der Waals surface area contributed by atoms with E-state index in [-0.39, 0.29) is 0 Å². The molecule has 0 radical (unpaired) electrons. The van der Waals surface area contributed by atoms with Crippen LogP contribution in [0.2, 0.25) is 0 Å². The number of hydrogen-bond acceptors (Lipinski definition) is 3. The molecule has 0 bridgehead atoms. The maximum Gasteiger partial charge on any atom is 0.143 e. The van der Waals surface area contributed by atoms with Crippen molar-refractivity contribution < 1.29 is 8.83 Å². The monoisotopic (exact) mass is 753 g/mol. The van der Waals surface area contributed by atoms with Crippen molar-refractivity contribution in [1.29, 1.82) is 0 Å². The van der Waals surface area contributed by atoms with E-state index in [1.54, 1.807) is 0 Å². The van der Waals surface area contributed by atoms with Gasteiger partial charge in [0.1, 0.15) is 22.3 Å². The van der Waals surface area contributed by atoms with Gasteiger partial charge in [0.25, 0.3) is 0 Å². The van der Waals surface area contributed by atoms with Gasteiger partial charge in [0.2, 0.25) is 0 Å². The van der Waals surface area contributed by atoms with E-state index in [0.717, 1.165) is 88.4 Å². The Balaban J connectivity index is 0.978. The number of furan rings is 2. The molecular formula is C56H35NO2. The van der Waals surface area contributed by atoms with Crippen molar-refractivity contribution in [1.82, 2.24) is 0 Å². The number of hydrogen-bond donors (Lipinski definition) is 0. The lowest BCUT2D eigenvalue weighted by Crippen LogP contribution is -2.10. The normalized spacial score (nSPS) is 11.7. The highest BCUT2D eigenvalue weighted by molar-refractivity contribution is 6.19. The minimum Gasteiger partial charge on any atom is -0.456 e. The summed E-state index contributed by atoms with van der Waals surface area (Å²) < 4.78 is 12.9. The van der Waals surface area contributed by atoms with Crippen LogP contribution in [-0.4, -0.2) is 0 Å². The molecule has 0 amide bonds. The molecule has 10 aromatic carbocycles. The van der Waals surface area contributed by atoms with E-state index in [0.29, 0.717) is 0 Å². The summed E-state index contributed by atoms with van der Waals surface area (Å²) in [6.07, 6.45) is 0. The third kappa shape index (κ3) is 5.44. The first-order chi connectivity index (χ1) is 29.2. The third-order valence-corrected chi connectivity index (χ3v) is 11.9. The van der Waals surface area contributed by atoms with Crippen LogP contribution in [0, 0.1) is 0 Å². The molecule has 276 valence electrons. The van der Waals surface area contributed by atoms with E-state index >= 15 is 0 Å². The van der Waals surface area contributed by atoms with Gasteiger partial charge in [-0.05, 0) is 104 Å². The van der Waals surface area contributed by atoms with Crippen molar-refractivity contribution >= 4 is 82.5 Å². The minimum absolute atomic E-state index is 0.858. The summed E-state index contributed by atoms with van der Waals surface area (Å²) in [4.78, 5) is 2.36. The lowest BCUT2D eigenvalue weighted by atomic mass is 9.96. The number of benzene rings is 10. The quantitative estimate of drug-likeness (QED) is 0.169. The summed E-state index contributed by atoms with van der Waals surface area (Å²) in [5.74, 6) is 0. The Morgan fingerprint density at radius 1 is 0.288 bits per heavy atom. The highest BCUT2D eigenvalue weighted by atomic mass is 16.3. The van der Waals surface area contributed by atoms with Crippen molar-refractivity contribution in [3.63, 3.8) is 0 Å². The second-order valence-corrected chi connectivity index (χ2v) is 15.2. The highest BCUT2D eigenvalue weighted by Gasteiger charge is 2.21. The number of anilines is 3. The van der Waals surface area contributed by atoms with Gasteiger partial charge in [0.15, 0.2) is 0 Å². The molecule has 0 aliphatic heterocycles. The fourth-order valence-corrected chi connectivity index (χ4v) is 9.08. The molecule has 0 aliphatic carbocycles. The molecule has 2 heterocycles. The molecule has 0 saturated carbocycles. The second kappa shape index (κ2) is 13.4. The summed E-state index contributed by atoms with van der Waals surface area (Å²) in [6, 6.07) is 75.7. The van der Waals surface area contributed by atoms with Gasteiger partial charge >= 0.3 is 0 Å². The van der Waals surface area contributed by atoms with Gasteiger partial charge in [-0.2, -0.15) is 0 Å². The van der Waals surface area contributed by atoms with Crippen LogP contribution < -0.4 is 4.90 Å². The zero-order valence-electron chi connectivity index (χ0n) is 32.0. The molecule has 12 aromatic rings. The molecule has 0 N–H and O–H groups in total. The molecule has 0 atom stereocenters. The molecular weight excluding hydrogens is 719 g/mol. The maximum atomic E-state index is 6.68. The van der Waals surface area contributed by atoms with Gasteiger partial charge in [0, 0.05) is 32.9 Å². The molecule has 0 aliphatic rings. The van der Waals surface area contributed by atoms with Crippen molar-refractivity contribution in [3.8, 4) is 33.4 Å². The van der Waals surface area contributed by atoms with E-state index in [2.05, 4.69) is 205 Å². The minimum atomic E-state index is 0.858. The smallest absolute Gasteiger partial charge is 0.143 e. The van der Waals surface area contributed by atoms with E-state index in [4.69, 9.17) is 8.83 Å². The number of para-hydroxylation sites is 1. The van der Waals surface area contributed by atoms with Crippen LogP contribution >= 0.6 is 0 Å². The van der Waals surface area contributed by atoms with Gasteiger partial charge in [-0.3, -0.25) is 0 Å². The molecule has 0 fully saturated rings. The Morgan fingerprint density at radius 3 is 1.56 bits per heavy atom. The summed E-state index contributed by atoms with van der Waals surface area (Å²) in [6.45, 7) is 0. The van der Waals surface area contributed by atoms with Gasteiger partial charge in [-0.25, -0.2) is 0 Å². The molecule has 59 heavy (non-hydrogen) atoms. The molecule has 0 unspecified atom stereocenters. The number of fused-ring (bicyclic) bond motifs is 9. The molecule has 0 saturated heterocycles. The highest BCUT2D eigenvalue weighted by Crippen LogP contribution is 2.45. The van der Waals surface area contributed by atoms with E-state index in [9.17, 15) is 0 Å². The van der Waals surface area contributed by atoms with Crippen molar-refractivity contribution in [2.45, 2.75) is 0 Å². The Morgan fingerprint density at radius 2 is 0.797 bits per heavy atom. The van der Waals surface area contributed by atoms with Crippen LogP contribution in [0.5, 0.6) is 0 Å². The SMILES string of the molecule is c1ccc2c(-c3ccc(-c4ccc(N(c5ccc(-c6cccc7oc8ccccc8c67)cc5)c5cccc6oc7c8ccccc8ccc7c56)cc4)cc3)cccc2c1. The van der Waals surface area contributed by atoms with Gasteiger partial charge in [0.05, 0.1) is 11.1 Å². The fourth-order valence-electron chi connectivity index (χ4n) is 9.08. The van der Waals surface area contributed by atoms with Crippen LogP contribution in [0.3, 0.4) is 0 Å². The zero-order valence-corrected chi connectivity index (χ0v) is 32.0. The molecule has 3 nitrogen and oxygen atoms in total. The van der Waals surface area contributed by atoms with Crippen LogP contribution in [0.4, 0.5) is 17.1 Å². The topological polar surface area (TPSA) is 29.5 Å². The standard InChI is InChI=1S/C56H35NO2/c1-3-13-44-38(10-1)12-7-16-45(44)40-24-22-36(23-25-40)37-26-31-42(32-27-37)57(50-18-9-21-53-55(50)49-35-30-39-11-2-4-14-47(39)56(49)59-53)43-33-28-41(29-34-43)46-17-8-20-52-54(46)48-15-5-6-19-51(48)58-52/h1-35H. The Kier molecular flexibility index (Phi) is 7.54. The van der Waals surface area contributed by atoms with E-state index in [1.165, 1.54) is 27.5 Å². The Bertz CT molecular complexity index is 3530. The summed E-state index contributed by atoms with van der Waals surface area (Å²) in [5, 5.41) is 9.22. The lowest BCUT2D eigenvalue weighted by molar-refractivity contribution is 0.669. The number of nitrogens with zero attached hydrogens (tertiary/aromatic N) is 1. The van der Waals surface area contributed by atoms with Crippen LogP contribution in [0.1, 0.15) is 0 Å².